The molecule has 0 aromatic heterocycles. The number of phenolic OH excluding ortho intramolecular Hbond substituents is 6. The maximum Gasteiger partial charge on any atom is 0.345 e. The summed E-state index contributed by atoms with van der Waals surface area (Å²) in [5.41, 5.74) is 0.274. The molecule has 0 saturated carbocycles. The molecule has 2 bridgehead atoms. The first-order chi connectivity index (χ1) is 18.4. The maximum absolute atomic E-state index is 12.4. The molecule has 12 heteroatoms. The summed E-state index contributed by atoms with van der Waals surface area (Å²) in [7, 11) is 0. The van der Waals surface area contributed by atoms with Crippen molar-refractivity contribution in [3.63, 3.8) is 0 Å². The van der Waals surface area contributed by atoms with Crippen LogP contribution in [0.1, 0.15) is 39.7 Å². The highest BCUT2D eigenvalue weighted by Gasteiger charge is 2.43. The third kappa shape index (κ3) is 5.07. The first kappa shape index (κ1) is 26.7. The summed E-state index contributed by atoms with van der Waals surface area (Å²) < 4.78 is 4.99. The molecule has 39 heavy (non-hydrogen) atoms. The van der Waals surface area contributed by atoms with Gasteiger partial charge in [-0.15, -0.1) is 0 Å². The Bertz CT molecular complexity index is 1520. The molecule has 3 aromatic rings. The van der Waals surface area contributed by atoms with Crippen LogP contribution in [0, 0.1) is 0 Å². The molecule has 0 radical (unpaired) electrons. The van der Waals surface area contributed by atoms with Gasteiger partial charge in [-0.2, -0.15) is 0 Å². The minimum absolute atomic E-state index is 0.0245. The van der Waals surface area contributed by atoms with E-state index in [1.807, 2.05) is 0 Å². The highest BCUT2D eigenvalue weighted by atomic mass is 16.6. The van der Waals surface area contributed by atoms with Crippen LogP contribution in [0.2, 0.25) is 0 Å². The molecule has 0 fully saturated rings. The second-order valence-corrected chi connectivity index (χ2v) is 8.83. The van der Waals surface area contributed by atoms with Gasteiger partial charge in [0.15, 0.2) is 34.5 Å². The number of carbonyl (C=O) groups is 3. The molecule has 8 N–H and O–H groups in total. The zero-order chi connectivity index (χ0) is 28.6. The number of hydrogen-bond donors (Lipinski definition) is 8. The van der Waals surface area contributed by atoms with Crippen molar-refractivity contribution in [2.75, 3.05) is 0 Å². The molecule has 12 nitrogen and oxygen atoms in total. The number of esters is 1. The van der Waals surface area contributed by atoms with E-state index in [1.54, 1.807) is 0 Å². The quantitative estimate of drug-likeness (QED) is 0.118. The minimum Gasteiger partial charge on any atom is -0.504 e. The standard InChI is InChI=1S/C27H22O12/c28-15-4-1-11(7-17(15)30)8-19(26(35)36)39-20(32)6-3-12-9-14-21(13-2-5-16(29)18(31)10-13)23(27(37)38)22(12)25(34)24(14)33/h1-7,9-10,19,21,23,28-31,33-34H,8H2,(H,35,36)(H,37,38). The van der Waals surface area contributed by atoms with Crippen molar-refractivity contribution in [1.29, 1.82) is 0 Å². The smallest absolute Gasteiger partial charge is 0.345 e. The van der Waals surface area contributed by atoms with Gasteiger partial charge in [0.2, 0.25) is 6.10 Å². The number of ether oxygens (including phenoxy) is 1. The van der Waals surface area contributed by atoms with Gasteiger partial charge in [-0.1, -0.05) is 12.1 Å². The first-order valence-electron chi connectivity index (χ1n) is 11.3. The van der Waals surface area contributed by atoms with Crippen LogP contribution in [0.4, 0.5) is 0 Å². The summed E-state index contributed by atoms with van der Waals surface area (Å²) in [6.07, 6.45) is -0.0675. The van der Waals surface area contributed by atoms with Crippen LogP contribution >= 0.6 is 0 Å². The summed E-state index contributed by atoms with van der Waals surface area (Å²) in [5, 5.41) is 78.9. The Kier molecular flexibility index (Phi) is 6.95. The molecule has 3 aromatic carbocycles. The van der Waals surface area contributed by atoms with E-state index in [4.69, 9.17) is 4.74 Å². The van der Waals surface area contributed by atoms with Crippen molar-refractivity contribution in [3.05, 3.63) is 76.4 Å². The lowest BCUT2D eigenvalue weighted by Crippen LogP contribution is -2.28. The van der Waals surface area contributed by atoms with Gasteiger partial charge in [0.1, 0.15) is 0 Å². The molecule has 3 unspecified atom stereocenters. The number of rotatable bonds is 8. The van der Waals surface area contributed by atoms with Gasteiger partial charge in [-0.25, -0.2) is 9.59 Å². The van der Waals surface area contributed by atoms with Crippen LogP contribution in [0.25, 0.3) is 6.08 Å². The van der Waals surface area contributed by atoms with Crippen molar-refractivity contribution >= 4 is 24.0 Å². The van der Waals surface area contributed by atoms with Crippen LogP contribution in [0.3, 0.4) is 0 Å². The Morgan fingerprint density at radius 1 is 0.821 bits per heavy atom. The third-order valence-electron chi connectivity index (χ3n) is 6.37. The molecule has 0 spiro atoms. The predicted octanol–water partition coefficient (Wildman–Crippen LogP) is 2.49. The van der Waals surface area contributed by atoms with E-state index in [9.17, 15) is 55.2 Å². The first-order valence-corrected chi connectivity index (χ1v) is 11.3. The van der Waals surface area contributed by atoms with E-state index in [0.29, 0.717) is 0 Å². The number of phenols is 6. The van der Waals surface area contributed by atoms with E-state index >= 15 is 0 Å². The number of aromatic hydroxyl groups is 6. The van der Waals surface area contributed by atoms with Gasteiger partial charge < -0.3 is 45.6 Å². The van der Waals surface area contributed by atoms with E-state index in [1.165, 1.54) is 18.2 Å². The Balaban J connectivity index is 1.63. The second kappa shape index (κ2) is 10.2. The molecule has 0 amide bonds. The normalized spacial score (nSPS) is 16.7. The van der Waals surface area contributed by atoms with Crippen LogP contribution in [0.15, 0.2) is 48.5 Å². The SMILES string of the molecule is O=C(C=Cc1cc2c(O)c(O)c1C(C(=O)O)C2c1ccc(O)c(O)c1)OC(Cc1ccc(O)c(O)c1)C(=O)O. The summed E-state index contributed by atoms with van der Waals surface area (Å²) >= 11 is 0. The van der Waals surface area contributed by atoms with Crippen LogP contribution in [-0.2, 0) is 25.5 Å². The monoisotopic (exact) mass is 538 g/mol. The Morgan fingerprint density at radius 2 is 1.46 bits per heavy atom. The Labute approximate surface area is 219 Å². The highest BCUT2D eigenvalue weighted by Crippen LogP contribution is 2.56. The second-order valence-electron chi connectivity index (χ2n) is 8.83. The van der Waals surface area contributed by atoms with Gasteiger partial charge in [0, 0.05) is 29.5 Å². The van der Waals surface area contributed by atoms with Crippen molar-refractivity contribution in [2.24, 2.45) is 0 Å². The van der Waals surface area contributed by atoms with E-state index < -0.39 is 70.3 Å². The fraction of sp³-hybridized carbons (Fsp3) is 0.148. The van der Waals surface area contributed by atoms with Gasteiger partial charge in [0.25, 0.3) is 0 Å². The number of carbonyl (C=O) groups excluding carboxylic acids is 1. The minimum atomic E-state index is -1.67. The zero-order valence-electron chi connectivity index (χ0n) is 19.8. The molecule has 5 rings (SSSR count). The summed E-state index contributed by atoms with van der Waals surface area (Å²) in [6.45, 7) is 0. The average molecular weight is 538 g/mol. The molecule has 3 atom stereocenters. The lowest BCUT2D eigenvalue weighted by Gasteiger charge is -2.34. The lowest BCUT2D eigenvalue weighted by molar-refractivity contribution is -0.160. The van der Waals surface area contributed by atoms with Crippen molar-refractivity contribution < 1.29 is 60.0 Å². The van der Waals surface area contributed by atoms with E-state index in [-0.39, 0.29) is 34.2 Å². The molecular weight excluding hydrogens is 516 g/mol. The number of benzene rings is 3. The fourth-order valence-electron chi connectivity index (χ4n) is 4.56. The van der Waals surface area contributed by atoms with Crippen molar-refractivity contribution in [2.45, 2.75) is 24.4 Å². The highest BCUT2D eigenvalue weighted by molar-refractivity contribution is 5.92. The zero-order valence-corrected chi connectivity index (χ0v) is 19.8. The van der Waals surface area contributed by atoms with Crippen molar-refractivity contribution in [3.8, 4) is 34.5 Å². The number of aliphatic carboxylic acids is 2. The van der Waals surface area contributed by atoms with Crippen LogP contribution in [0.5, 0.6) is 34.5 Å². The topological polar surface area (TPSA) is 222 Å². The Hall–Kier alpha value is -5.39. The number of hydrogen-bond acceptors (Lipinski definition) is 10. The molecular formula is C27H22O12. The maximum atomic E-state index is 12.4. The van der Waals surface area contributed by atoms with Gasteiger partial charge >= 0.3 is 17.9 Å². The number of carboxylic acids is 2. The average Bonchev–Trinajstić information content (AvgIpc) is 2.88. The van der Waals surface area contributed by atoms with Gasteiger partial charge in [0.05, 0.1) is 5.92 Å². The number of carboxylic acid groups (broad SMARTS) is 2. The molecule has 2 aliphatic carbocycles. The summed E-state index contributed by atoms with van der Waals surface area (Å²) in [4.78, 5) is 36.3. The van der Waals surface area contributed by atoms with Gasteiger partial charge in [-0.3, -0.25) is 4.79 Å². The molecule has 202 valence electrons. The molecule has 0 aliphatic heterocycles. The van der Waals surface area contributed by atoms with Crippen LogP contribution < -0.4 is 0 Å². The molecule has 0 saturated heterocycles. The lowest BCUT2D eigenvalue weighted by atomic mass is 9.69. The molecule has 2 aliphatic rings. The Morgan fingerprint density at radius 3 is 2.05 bits per heavy atom. The number of fused-ring (bicyclic) bond motifs is 3. The third-order valence-corrected chi connectivity index (χ3v) is 6.37. The van der Waals surface area contributed by atoms with Crippen molar-refractivity contribution in [1.82, 2.24) is 0 Å². The fourth-order valence-corrected chi connectivity index (χ4v) is 4.56. The summed E-state index contributed by atoms with van der Waals surface area (Å²) in [6, 6.07) is 8.57. The van der Waals surface area contributed by atoms with E-state index in [0.717, 1.165) is 36.4 Å². The van der Waals surface area contributed by atoms with E-state index in [2.05, 4.69) is 0 Å². The molecule has 0 heterocycles. The van der Waals surface area contributed by atoms with Crippen LogP contribution in [-0.4, -0.2) is 64.9 Å². The van der Waals surface area contributed by atoms with Gasteiger partial charge in [-0.05, 0) is 53.1 Å². The largest absolute Gasteiger partial charge is 0.504 e. The summed E-state index contributed by atoms with van der Waals surface area (Å²) in [5.74, 6) is -9.65. The predicted molar refractivity (Wildman–Crippen MR) is 132 cm³/mol.